The largest absolute Gasteiger partial charge is 0.489 e. The molecule has 1 amide bonds. The Balaban J connectivity index is 1.45. The van der Waals surface area contributed by atoms with Gasteiger partial charge in [0.2, 0.25) is 5.95 Å². The fraction of sp³-hybridized carbons (Fsp3) is 0.125. The van der Waals surface area contributed by atoms with Gasteiger partial charge in [-0.25, -0.2) is 9.97 Å². The van der Waals surface area contributed by atoms with E-state index < -0.39 is 0 Å². The van der Waals surface area contributed by atoms with Gasteiger partial charge in [0.1, 0.15) is 12.4 Å². The highest BCUT2D eigenvalue weighted by atomic mass is 32.1. The number of hydrogen-bond donors (Lipinski definition) is 0. The van der Waals surface area contributed by atoms with E-state index >= 15 is 0 Å². The molecule has 0 atom stereocenters. The number of carbonyl (C=O) groups is 1. The zero-order chi connectivity index (χ0) is 28.2. The van der Waals surface area contributed by atoms with Crippen molar-refractivity contribution in [3.8, 4) is 16.9 Å². The van der Waals surface area contributed by atoms with Crippen LogP contribution in [0.2, 0.25) is 0 Å². The lowest BCUT2D eigenvalue weighted by Crippen LogP contribution is -2.36. The fourth-order valence-electron chi connectivity index (χ4n) is 4.70. The lowest BCUT2D eigenvalue weighted by molar-refractivity contribution is 0.0975. The third-order valence-electron chi connectivity index (χ3n) is 6.75. The summed E-state index contributed by atoms with van der Waals surface area (Å²) in [6.45, 7) is 0.974. The van der Waals surface area contributed by atoms with Crippen LogP contribution in [0.5, 0.6) is 5.75 Å². The van der Waals surface area contributed by atoms with Crippen molar-refractivity contribution in [2.24, 2.45) is 0 Å². The highest BCUT2D eigenvalue weighted by Crippen LogP contribution is 2.31. The topological polar surface area (TPSA) is 86.0 Å². The van der Waals surface area contributed by atoms with E-state index in [1.165, 1.54) is 16.2 Å². The molecule has 4 aromatic heterocycles. The molecule has 0 saturated carbocycles. The predicted molar refractivity (Wildman–Crippen MR) is 161 cm³/mol. The number of nitrogens with zero attached hydrogens (tertiary/aromatic N) is 4. The van der Waals surface area contributed by atoms with Crippen LogP contribution in [0.4, 0.5) is 5.95 Å². The minimum absolute atomic E-state index is 0.218. The van der Waals surface area contributed by atoms with Crippen molar-refractivity contribution >= 4 is 38.8 Å². The summed E-state index contributed by atoms with van der Waals surface area (Å²) in [5, 5.41) is 2.91. The van der Waals surface area contributed by atoms with Gasteiger partial charge in [0.05, 0.1) is 28.9 Å². The summed E-state index contributed by atoms with van der Waals surface area (Å²) in [6.07, 6.45) is 4.91. The summed E-state index contributed by atoms with van der Waals surface area (Å²) >= 11 is 1.49. The second kappa shape index (κ2) is 11.7. The molecule has 0 saturated heterocycles. The molecule has 0 N–H and O–H groups in total. The van der Waals surface area contributed by atoms with Gasteiger partial charge in [0, 0.05) is 31.3 Å². The van der Waals surface area contributed by atoms with Gasteiger partial charge < -0.3 is 9.47 Å². The third-order valence-corrected chi connectivity index (χ3v) is 7.69. The normalized spacial score (nSPS) is 11.1. The maximum absolute atomic E-state index is 14.3. The number of methoxy groups -OCH3 is 1. The molecular formula is C32H26N4O4S. The molecule has 6 aromatic rings. The van der Waals surface area contributed by atoms with Crippen LogP contribution in [-0.4, -0.2) is 40.5 Å². The van der Waals surface area contributed by atoms with Crippen molar-refractivity contribution in [2.75, 3.05) is 25.2 Å². The van der Waals surface area contributed by atoms with Gasteiger partial charge in [0.15, 0.2) is 0 Å². The van der Waals surface area contributed by atoms with Crippen molar-refractivity contribution in [1.29, 1.82) is 0 Å². The first kappa shape index (κ1) is 26.4. The van der Waals surface area contributed by atoms with Crippen LogP contribution in [0.25, 0.3) is 26.7 Å². The maximum atomic E-state index is 14.3. The highest BCUT2D eigenvalue weighted by Gasteiger charge is 2.25. The zero-order valence-electron chi connectivity index (χ0n) is 22.3. The Labute approximate surface area is 240 Å². The van der Waals surface area contributed by atoms with Crippen molar-refractivity contribution in [3.05, 3.63) is 124 Å². The average Bonchev–Trinajstić information content (AvgIpc) is 3.51. The number of thiophene rings is 1. The molecule has 0 aliphatic heterocycles. The molecule has 8 nitrogen and oxygen atoms in total. The Kier molecular flexibility index (Phi) is 7.53. The minimum atomic E-state index is -0.323. The first-order valence-electron chi connectivity index (χ1n) is 13.0. The summed E-state index contributed by atoms with van der Waals surface area (Å²) in [5.41, 5.74) is 2.85. The number of pyridine rings is 2. The van der Waals surface area contributed by atoms with Crippen LogP contribution in [0.1, 0.15) is 15.9 Å². The van der Waals surface area contributed by atoms with Crippen LogP contribution < -0.4 is 15.2 Å². The molecule has 9 heteroatoms. The van der Waals surface area contributed by atoms with Gasteiger partial charge in [-0.15, -0.1) is 11.3 Å². The molecule has 4 heterocycles. The van der Waals surface area contributed by atoms with Crippen LogP contribution in [0.3, 0.4) is 0 Å². The molecule has 204 valence electrons. The van der Waals surface area contributed by atoms with E-state index in [4.69, 9.17) is 9.47 Å². The van der Waals surface area contributed by atoms with Gasteiger partial charge in [-0.05, 0) is 58.3 Å². The Bertz CT molecular complexity index is 1870. The predicted octanol–water partition coefficient (Wildman–Crippen LogP) is 5.84. The standard InChI is InChI=1S/C32H26N4O4S/c1-39-18-17-36(32-33-14-5-15-34-32)31(38)27-20-26(30(37)35-16-12-24-13-19-41-29(24)28(27)35)23-8-10-25(11-9-23)40-21-22-6-3-2-4-7-22/h2-16,19-20H,17-18,21H2,1H3. The van der Waals surface area contributed by atoms with Crippen molar-refractivity contribution in [1.82, 2.24) is 14.4 Å². The van der Waals surface area contributed by atoms with E-state index in [9.17, 15) is 9.59 Å². The summed E-state index contributed by atoms with van der Waals surface area (Å²) in [4.78, 5) is 38.2. The number of ether oxygens (including phenoxy) is 2. The molecule has 0 radical (unpaired) electrons. The average molecular weight is 563 g/mol. The minimum Gasteiger partial charge on any atom is -0.489 e. The second-order valence-electron chi connectivity index (χ2n) is 9.31. The molecule has 41 heavy (non-hydrogen) atoms. The number of carbonyl (C=O) groups excluding carboxylic acids is 1. The molecule has 0 aliphatic rings. The summed E-state index contributed by atoms with van der Waals surface area (Å²) in [5.74, 6) is 0.622. The lowest BCUT2D eigenvalue weighted by Gasteiger charge is -2.22. The molecular weight excluding hydrogens is 536 g/mol. The highest BCUT2D eigenvalue weighted by molar-refractivity contribution is 7.18. The molecule has 6 rings (SSSR count). The van der Waals surface area contributed by atoms with E-state index in [1.54, 1.807) is 42.2 Å². The molecule has 0 bridgehead atoms. The third kappa shape index (κ3) is 5.32. The van der Waals surface area contributed by atoms with E-state index in [1.807, 2.05) is 72.1 Å². The van der Waals surface area contributed by atoms with E-state index in [0.29, 0.717) is 41.2 Å². The Morgan fingerprint density at radius 1 is 0.976 bits per heavy atom. The lowest BCUT2D eigenvalue weighted by atomic mass is 10.0. The van der Waals surface area contributed by atoms with Crippen LogP contribution in [0.15, 0.2) is 108 Å². The van der Waals surface area contributed by atoms with Gasteiger partial charge in [-0.2, -0.15) is 0 Å². The number of benzene rings is 2. The SMILES string of the molecule is COCCN(C(=O)c1cc(-c2ccc(OCc3ccccc3)cc2)c(=O)n2ccc3ccsc3c12)c1ncccn1. The monoisotopic (exact) mass is 562 g/mol. The smallest absolute Gasteiger partial charge is 0.263 e. The summed E-state index contributed by atoms with van der Waals surface area (Å²) < 4.78 is 13.6. The van der Waals surface area contributed by atoms with Gasteiger partial charge >= 0.3 is 0 Å². The number of fused-ring (bicyclic) bond motifs is 3. The zero-order valence-corrected chi connectivity index (χ0v) is 23.1. The fourth-order valence-corrected chi connectivity index (χ4v) is 5.64. The molecule has 2 aromatic carbocycles. The molecule has 0 unspecified atom stereocenters. The number of rotatable bonds is 9. The Morgan fingerprint density at radius 2 is 1.76 bits per heavy atom. The number of hydrogen-bond acceptors (Lipinski definition) is 7. The Morgan fingerprint density at radius 3 is 2.51 bits per heavy atom. The van der Waals surface area contributed by atoms with E-state index in [0.717, 1.165) is 15.6 Å². The van der Waals surface area contributed by atoms with Crippen LogP contribution in [-0.2, 0) is 11.3 Å². The van der Waals surface area contributed by atoms with Crippen LogP contribution in [0, 0.1) is 0 Å². The summed E-state index contributed by atoms with van der Waals surface area (Å²) in [6, 6.07) is 24.5. The molecule has 0 fully saturated rings. The quantitative estimate of drug-likeness (QED) is 0.220. The number of amides is 1. The van der Waals surface area contributed by atoms with Crippen molar-refractivity contribution < 1.29 is 14.3 Å². The van der Waals surface area contributed by atoms with E-state index in [2.05, 4.69) is 9.97 Å². The van der Waals surface area contributed by atoms with Crippen molar-refractivity contribution in [3.63, 3.8) is 0 Å². The van der Waals surface area contributed by atoms with Crippen molar-refractivity contribution in [2.45, 2.75) is 6.61 Å². The number of aromatic nitrogens is 3. The second-order valence-corrected chi connectivity index (χ2v) is 10.2. The van der Waals surface area contributed by atoms with E-state index in [-0.39, 0.29) is 24.0 Å². The Hall–Kier alpha value is -4.86. The van der Waals surface area contributed by atoms with Gasteiger partial charge in [0.25, 0.3) is 11.5 Å². The van der Waals surface area contributed by atoms with Gasteiger partial charge in [-0.3, -0.25) is 18.9 Å². The first-order valence-corrected chi connectivity index (χ1v) is 13.9. The molecule has 0 aliphatic carbocycles. The van der Waals surface area contributed by atoms with Gasteiger partial charge in [-0.1, -0.05) is 42.5 Å². The number of anilines is 1. The summed E-state index contributed by atoms with van der Waals surface area (Å²) in [7, 11) is 1.58. The van der Waals surface area contributed by atoms with Crippen LogP contribution >= 0.6 is 11.3 Å². The first-order chi connectivity index (χ1) is 20.1. The maximum Gasteiger partial charge on any atom is 0.263 e. The molecule has 0 spiro atoms.